The van der Waals surface area contributed by atoms with Crippen LogP contribution in [0.1, 0.15) is 16.8 Å². The zero-order valence-corrected chi connectivity index (χ0v) is 18.0. The van der Waals surface area contributed by atoms with E-state index in [1.807, 2.05) is 68.6 Å². The monoisotopic (exact) mass is 407 g/mol. The maximum absolute atomic E-state index is 12.8. The van der Waals surface area contributed by atoms with Crippen LogP contribution in [0.4, 0.5) is 5.69 Å². The second-order valence-electron chi connectivity index (χ2n) is 6.99. The van der Waals surface area contributed by atoms with Gasteiger partial charge in [0.2, 0.25) is 11.8 Å². The lowest BCUT2D eigenvalue weighted by Gasteiger charge is -2.19. The molecular weight excluding hydrogens is 382 g/mol. The average molecular weight is 408 g/mol. The zero-order chi connectivity index (χ0) is 21.0. The van der Waals surface area contributed by atoms with Crippen molar-refractivity contribution in [2.24, 2.45) is 0 Å². The minimum Gasteiger partial charge on any atom is -0.336 e. The lowest BCUT2D eigenvalue weighted by molar-refractivity contribution is -0.132. The van der Waals surface area contributed by atoms with Crippen LogP contribution in [0.2, 0.25) is 0 Å². The molecule has 0 aliphatic heterocycles. The Labute approximate surface area is 175 Å². The van der Waals surface area contributed by atoms with Crippen LogP contribution in [0.25, 0.3) is 10.9 Å². The van der Waals surface area contributed by atoms with Gasteiger partial charge in [0.1, 0.15) is 0 Å². The minimum atomic E-state index is -0.215. The number of aromatic nitrogens is 1. The fraction of sp³-hybridized carbons (Fsp3) is 0.261. The highest BCUT2D eigenvalue weighted by atomic mass is 32.2. The largest absolute Gasteiger partial charge is 0.336 e. The summed E-state index contributed by atoms with van der Waals surface area (Å²) in [6, 6.07) is 15.5. The molecule has 0 spiro atoms. The fourth-order valence-corrected chi connectivity index (χ4v) is 3.91. The summed E-state index contributed by atoms with van der Waals surface area (Å²) in [5, 5.41) is 3.94. The van der Waals surface area contributed by atoms with Crippen LogP contribution >= 0.6 is 11.8 Å². The molecule has 1 N–H and O–H groups in total. The van der Waals surface area contributed by atoms with Gasteiger partial charge in [0.05, 0.1) is 24.2 Å². The Hall–Kier alpha value is -2.86. The predicted octanol–water partition coefficient (Wildman–Crippen LogP) is 4.21. The Morgan fingerprint density at radius 3 is 2.52 bits per heavy atom. The highest BCUT2D eigenvalue weighted by Crippen LogP contribution is 2.25. The van der Waals surface area contributed by atoms with E-state index in [-0.39, 0.29) is 24.8 Å². The first kappa shape index (κ1) is 20.9. The maximum Gasteiger partial charge on any atom is 0.244 e. The summed E-state index contributed by atoms with van der Waals surface area (Å²) in [4.78, 5) is 32.3. The van der Waals surface area contributed by atoms with E-state index in [1.165, 1.54) is 4.90 Å². The Morgan fingerprint density at radius 1 is 1.07 bits per heavy atom. The molecule has 150 valence electrons. The van der Waals surface area contributed by atoms with E-state index in [2.05, 4.69) is 10.3 Å². The van der Waals surface area contributed by atoms with Crippen LogP contribution in [-0.4, -0.2) is 41.5 Å². The van der Waals surface area contributed by atoms with E-state index >= 15 is 0 Å². The van der Waals surface area contributed by atoms with Gasteiger partial charge in [-0.05, 0) is 49.4 Å². The molecule has 6 heteroatoms. The van der Waals surface area contributed by atoms with Crippen LogP contribution in [0.15, 0.2) is 53.4 Å². The van der Waals surface area contributed by atoms with Crippen molar-refractivity contribution in [3.8, 4) is 0 Å². The van der Waals surface area contributed by atoms with E-state index in [4.69, 9.17) is 0 Å². The second-order valence-corrected chi connectivity index (χ2v) is 7.84. The van der Waals surface area contributed by atoms with E-state index < -0.39 is 0 Å². The number of thioether (sulfide) groups is 1. The molecule has 1 heterocycles. The summed E-state index contributed by atoms with van der Waals surface area (Å²) in [6.45, 7) is 3.94. The van der Waals surface area contributed by atoms with E-state index in [9.17, 15) is 9.59 Å². The van der Waals surface area contributed by atoms with Gasteiger partial charge in [-0.15, -0.1) is 11.8 Å². The van der Waals surface area contributed by atoms with Crippen molar-refractivity contribution in [3.05, 3.63) is 65.4 Å². The topological polar surface area (TPSA) is 62.3 Å². The maximum atomic E-state index is 12.8. The minimum absolute atomic E-state index is 0.000648. The van der Waals surface area contributed by atoms with Gasteiger partial charge in [-0.2, -0.15) is 0 Å². The number of fused-ring (bicyclic) bond motifs is 1. The van der Waals surface area contributed by atoms with Gasteiger partial charge in [0.15, 0.2) is 0 Å². The van der Waals surface area contributed by atoms with Crippen molar-refractivity contribution in [3.63, 3.8) is 0 Å². The normalized spacial score (nSPS) is 10.8. The number of likely N-dealkylation sites (N-methyl/N-ethyl adjacent to an activating group) is 1. The molecule has 1 aromatic heterocycles. The van der Waals surface area contributed by atoms with Gasteiger partial charge in [-0.1, -0.05) is 30.3 Å². The van der Waals surface area contributed by atoms with E-state index in [0.717, 1.165) is 38.3 Å². The Morgan fingerprint density at radius 2 is 1.76 bits per heavy atom. The molecule has 0 radical (unpaired) electrons. The third-order valence-corrected chi connectivity index (χ3v) is 5.80. The first-order chi connectivity index (χ1) is 13.9. The third-order valence-electron chi connectivity index (χ3n) is 5.00. The predicted molar refractivity (Wildman–Crippen MR) is 119 cm³/mol. The quantitative estimate of drug-likeness (QED) is 0.622. The Balaban J connectivity index is 1.69. The number of carbonyl (C=O) groups excluding carboxylic acids is 2. The van der Waals surface area contributed by atoms with Gasteiger partial charge in [-0.25, -0.2) is 0 Å². The van der Waals surface area contributed by atoms with Crippen molar-refractivity contribution < 1.29 is 9.59 Å². The lowest BCUT2D eigenvalue weighted by Crippen LogP contribution is -2.36. The first-order valence-electron chi connectivity index (χ1n) is 9.42. The summed E-state index contributed by atoms with van der Waals surface area (Å²) in [5.74, 6) is -0.325. The van der Waals surface area contributed by atoms with Gasteiger partial charge in [0.25, 0.3) is 0 Å². The van der Waals surface area contributed by atoms with Crippen molar-refractivity contribution >= 4 is 40.2 Å². The molecule has 2 amide bonds. The average Bonchev–Trinajstić information content (AvgIpc) is 2.71. The number of para-hydroxylation sites is 2. The number of pyridine rings is 1. The molecule has 0 bridgehead atoms. The highest BCUT2D eigenvalue weighted by Gasteiger charge is 2.18. The van der Waals surface area contributed by atoms with E-state index in [1.54, 1.807) is 18.8 Å². The summed E-state index contributed by atoms with van der Waals surface area (Å²) in [6.07, 6.45) is 2.18. The smallest absolute Gasteiger partial charge is 0.244 e. The van der Waals surface area contributed by atoms with Gasteiger partial charge in [-0.3, -0.25) is 14.6 Å². The molecule has 3 aromatic rings. The molecule has 0 aliphatic rings. The summed E-state index contributed by atoms with van der Waals surface area (Å²) < 4.78 is 0. The number of hydrogen-bond donors (Lipinski definition) is 1. The molecule has 0 atom stereocenters. The van der Waals surface area contributed by atoms with Gasteiger partial charge >= 0.3 is 0 Å². The number of anilines is 1. The number of rotatable bonds is 6. The second kappa shape index (κ2) is 9.09. The summed E-state index contributed by atoms with van der Waals surface area (Å²) >= 11 is 1.57. The molecule has 3 rings (SSSR count). The number of nitrogens with zero attached hydrogens (tertiary/aromatic N) is 2. The van der Waals surface area contributed by atoms with Crippen LogP contribution in [-0.2, 0) is 16.0 Å². The van der Waals surface area contributed by atoms with Crippen molar-refractivity contribution in [1.82, 2.24) is 9.88 Å². The Kier molecular flexibility index (Phi) is 6.54. The molecule has 0 fully saturated rings. The fourth-order valence-electron chi connectivity index (χ4n) is 3.36. The SMILES string of the molecule is CSc1ccccc1NC(=O)CN(C)C(=O)Cc1c(C)nc2ccccc2c1C. The standard InChI is InChI=1S/C23H25N3O2S/c1-15-17-9-5-6-10-19(17)24-16(2)18(15)13-23(28)26(3)14-22(27)25-20-11-7-8-12-21(20)29-4/h5-12H,13-14H2,1-4H3,(H,25,27). The number of hydrogen-bond acceptors (Lipinski definition) is 4. The van der Waals surface area contributed by atoms with Crippen LogP contribution in [0.5, 0.6) is 0 Å². The molecule has 0 unspecified atom stereocenters. The highest BCUT2D eigenvalue weighted by molar-refractivity contribution is 7.98. The van der Waals surface area contributed by atoms with Crippen molar-refractivity contribution in [1.29, 1.82) is 0 Å². The van der Waals surface area contributed by atoms with Crippen LogP contribution < -0.4 is 5.32 Å². The molecular formula is C23H25N3O2S. The number of amides is 2. The summed E-state index contributed by atoms with van der Waals surface area (Å²) in [5.41, 5.74) is 4.53. The molecule has 29 heavy (non-hydrogen) atoms. The van der Waals surface area contributed by atoms with Crippen molar-refractivity contribution in [2.45, 2.75) is 25.2 Å². The molecule has 0 saturated heterocycles. The van der Waals surface area contributed by atoms with Gasteiger partial charge < -0.3 is 10.2 Å². The van der Waals surface area contributed by atoms with Crippen molar-refractivity contribution in [2.75, 3.05) is 25.2 Å². The number of benzene rings is 2. The molecule has 2 aromatic carbocycles. The summed E-state index contributed by atoms with van der Waals surface area (Å²) in [7, 11) is 1.65. The number of aryl methyl sites for hydroxylation is 2. The zero-order valence-electron chi connectivity index (χ0n) is 17.2. The third kappa shape index (κ3) is 4.77. The molecule has 0 aliphatic carbocycles. The molecule has 0 saturated carbocycles. The number of nitrogens with one attached hydrogen (secondary N) is 1. The lowest BCUT2D eigenvalue weighted by atomic mass is 9.99. The van der Waals surface area contributed by atoms with Gasteiger partial charge in [0, 0.05) is 23.0 Å². The van der Waals surface area contributed by atoms with Crippen LogP contribution in [0, 0.1) is 13.8 Å². The first-order valence-corrected chi connectivity index (χ1v) is 10.6. The van der Waals surface area contributed by atoms with E-state index in [0.29, 0.717) is 0 Å². The van der Waals surface area contributed by atoms with Crippen LogP contribution in [0.3, 0.4) is 0 Å². The molecule has 5 nitrogen and oxygen atoms in total. The Bertz CT molecular complexity index is 1070. The number of carbonyl (C=O) groups is 2.